The van der Waals surface area contributed by atoms with Crippen molar-refractivity contribution in [2.24, 2.45) is 0 Å². The molecule has 2 heterocycles. The van der Waals surface area contributed by atoms with Gasteiger partial charge >= 0.3 is 5.97 Å². The topological polar surface area (TPSA) is 83.5 Å². The van der Waals surface area contributed by atoms with Crippen LogP contribution >= 0.6 is 0 Å². The van der Waals surface area contributed by atoms with E-state index >= 15 is 0 Å². The molecule has 0 fully saturated rings. The van der Waals surface area contributed by atoms with Crippen LogP contribution in [0.3, 0.4) is 0 Å². The summed E-state index contributed by atoms with van der Waals surface area (Å²) >= 11 is 0. The number of rotatable bonds is 10. The number of methoxy groups -OCH3 is 1. The van der Waals surface area contributed by atoms with Crippen LogP contribution in [0.25, 0.3) is 5.70 Å². The van der Waals surface area contributed by atoms with Gasteiger partial charge in [0, 0.05) is 19.8 Å². The minimum Gasteiger partial charge on any atom is -0.497 e. The van der Waals surface area contributed by atoms with Gasteiger partial charge in [0.05, 0.1) is 30.9 Å². The van der Waals surface area contributed by atoms with E-state index in [1.165, 1.54) is 0 Å². The maximum Gasteiger partial charge on any atom is 0.337 e. The molecule has 2 aliphatic rings. The molecule has 2 aromatic carbocycles. The maximum absolute atomic E-state index is 13.8. The Hall–Kier alpha value is -3.52. The van der Waals surface area contributed by atoms with Gasteiger partial charge in [-0.2, -0.15) is 0 Å². The van der Waals surface area contributed by atoms with E-state index in [1.807, 2.05) is 31.2 Å². The van der Waals surface area contributed by atoms with E-state index < -0.39 is 11.9 Å². The summed E-state index contributed by atoms with van der Waals surface area (Å²) in [6.45, 7) is 5.52. The van der Waals surface area contributed by atoms with Gasteiger partial charge in [-0.15, -0.1) is 0 Å². The van der Waals surface area contributed by atoms with Crippen LogP contribution in [-0.4, -0.2) is 57.0 Å². The van der Waals surface area contributed by atoms with Crippen LogP contribution in [0.4, 0.5) is 0 Å². The van der Waals surface area contributed by atoms with Gasteiger partial charge in [0.15, 0.2) is 11.5 Å². The zero-order valence-corrected chi connectivity index (χ0v) is 19.7. The molecule has 8 nitrogen and oxygen atoms in total. The molecule has 1 amide bonds. The lowest BCUT2D eigenvalue weighted by molar-refractivity contribution is -0.139. The first kappa shape index (κ1) is 23.6. The third-order valence-electron chi connectivity index (χ3n) is 5.79. The van der Waals surface area contributed by atoms with E-state index in [4.69, 9.17) is 23.7 Å². The van der Waals surface area contributed by atoms with E-state index in [2.05, 4.69) is 0 Å². The van der Waals surface area contributed by atoms with Crippen LogP contribution < -0.4 is 14.2 Å². The lowest BCUT2D eigenvalue weighted by Crippen LogP contribution is -2.29. The van der Waals surface area contributed by atoms with Gasteiger partial charge in [0.1, 0.15) is 5.75 Å². The van der Waals surface area contributed by atoms with Crippen molar-refractivity contribution in [2.75, 3.05) is 40.3 Å². The molecule has 0 saturated carbocycles. The molecular formula is C26H29NO7. The van der Waals surface area contributed by atoms with Crippen molar-refractivity contribution in [2.45, 2.75) is 26.2 Å². The van der Waals surface area contributed by atoms with E-state index in [9.17, 15) is 9.59 Å². The normalized spacial score (nSPS) is 16.9. The van der Waals surface area contributed by atoms with Gasteiger partial charge in [-0.1, -0.05) is 6.07 Å². The standard InChI is InChI=1S/C26H29NO7/c1-4-31-14-6-13-27-24(17-7-10-19(30-3)11-8-17)23(26(29)32-5-2)22(25(27)28)18-9-12-20-21(15-18)34-16-33-20/h7-12,15,22H,4-6,13-14,16H2,1-3H3/t22-/m0/s1. The van der Waals surface area contributed by atoms with Crippen LogP contribution in [-0.2, 0) is 19.1 Å². The fourth-order valence-corrected chi connectivity index (χ4v) is 4.25. The highest BCUT2D eigenvalue weighted by molar-refractivity contribution is 6.13. The second kappa shape index (κ2) is 10.6. The Kier molecular flexibility index (Phi) is 7.37. The maximum atomic E-state index is 13.8. The molecule has 0 spiro atoms. The Morgan fingerprint density at radius 2 is 1.82 bits per heavy atom. The highest BCUT2D eigenvalue weighted by Gasteiger charge is 2.45. The number of ether oxygens (including phenoxy) is 5. The SMILES string of the molecule is CCOCCCN1C(=O)[C@@H](c2ccc3c(c2)OCO3)C(C(=O)OCC)=C1c1ccc(OC)cc1. The van der Waals surface area contributed by atoms with Gasteiger partial charge in [0.25, 0.3) is 0 Å². The molecule has 8 heteroatoms. The zero-order chi connectivity index (χ0) is 24.1. The molecule has 0 aliphatic carbocycles. The van der Waals surface area contributed by atoms with Crippen molar-refractivity contribution in [3.8, 4) is 17.2 Å². The van der Waals surface area contributed by atoms with E-state index in [-0.39, 0.29) is 19.3 Å². The zero-order valence-electron chi connectivity index (χ0n) is 19.7. The van der Waals surface area contributed by atoms with E-state index in [0.29, 0.717) is 60.3 Å². The van der Waals surface area contributed by atoms with Crippen LogP contribution in [0, 0.1) is 0 Å². The van der Waals surface area contributed by atoms with Crippen molar-refractivity contribution >= 4 is 17.6 Å². The molecule has 0 unspecified atom stereocenters. The lowest BCUT2D eigenvalue weighted by Gasteiger charge is -2.22. The number of nitrogens with zero attached hydrogens (tertiary/aromatic N) is 1. The summed E-state index contributed by atoms with van der Waals surface area (Å²) in [5, 5.41) is 0. The summed E-state index contributed by atoms with van der Waals surface area (Å²) in [6, 6.07) is 12.6. The van der Waals surface area contributed by atoms with E-state index in [1.54, 1.807) is 37.1 Å². The Balaban J connectivity index is 1.82. The predicted octanol–water partition coefficient (Wildman–Crippen LogP) is 3.75. The molecule has 0 aromatic heterocycles. The molecule has 4 rings (SSSR count). The van der Waals surface area contributed by atoms with E-state index in [0.717, 1.165) is 5.56 Å². The van der Waals surface area contributed by atoms with Gasteiger partial charge in [-0.3, -0.25) is 4.79 Å². The van der Waals surface area contributed by atoms with Gasteiger partial charge in [0.2, 0.25) is 12.7 Å². The van der Waals surface area contributed by atoms with Crippen molar-refractivity contribution in [1.29, 1.82) is 0 Å². The van der Waals surface area contributed by atoms with Crippen LogP contribution in [0.15, 0.2) is 48.0 Å². The van der Waals surface area contributed by atoms with Gasteiger partial charge in [-0.25, -0.2) is 4.79 Å². The molecule has 180 valence electrons. The third kappa shape index (κ3) is 4.59. The molecule has 2 aliphatic heterocycles. The molecule has 0 bridgehead atoms. The summed E-state index contributed by atoms with van der Waals surface area (Å²) in [7, 11) is 1.59. The first-order chi connectivity index (χ1) is 16.6. The van der Waals surface area contributed by atoms with Gasteiger partial charge in [-0.05, 0) is 67.8 Å². The van der Waals surface area contributed by atoms with Crippen molar-refractivity contribution < 1.29 is 33.3 Å². The van der Waals surface area contributed by atoms with Crippen LogP contribution in [0.5, 0.6) is 17.2 Å². The number of carbonyl (C=O) groups excluding carboxylic acids is 2. The Morgan fingerprint density at radius 1 is 1.06 bits per heavy atom. The minimum atomic E-state index is -0.822. The Morgan fingerprint density at radius 3 is 2.53 bits per heavy atom. The van der Waals surface area contributed by atoms with Crippen LogP contribution in [0.1, 0.15) is 37.3 Å². The van der Waals surface area contributed by atoms with Crippen LogP contribution in [0.2, 0.25) is 0 Å². The Bertz CT molecular complexity index is 1080. The summed E-state index contributed by atoms with van der Waals surface area (Å²) < 4.78 is 27.1. The smallest absolute Gasteiger partial charge is 0.337 e. The number of fused-ring (bicyclic) bond motifs is 1. The van der Waals surface area contributed by atoms with Gasteiger partial charge < -0.3 is 28.6 Å². The summed E-state index contributed by atoms with van der Waals surface area (Å²) in [5.41, 5.74) is 2.24. The fourth-order valence-electron chi connectivity index (χ4n) is 4.25. The highest BCUT2D eigenvalue weighted by atomic mass is 16.7. The Labute approximate surface area is 199 Å². The lowest BCUT2D eigenvalue weighted by atomic mass is 9.90. The first-order valence-corrected chi connectivity index (χ1v) is 11.4. The molecule has 0 radical (unpaired) electrons. The minimum absolute atomic E-state index is 0.124. The number of benzene rings is 2. The number of hydrogen-bond acceptors (Lipinski definition) is 7. The fraction of sp³-hybridized carbons (Fsp3) is 0.385. The van der Waals surface area contributed by atoms with Crippen molar-refractivity contribution in [3.63, 3.8) is 0 Å². The molecule has 0 N–H and O–H groups in total. The number of hydrogen-bond donors (Lipinski definition) is 0. The summed E-state index contributed by atoms with van der Waals surface area (Å²) in [5.74, 6) is 0.314. The average molecular weight is 468 g/mol. The third-order valence-corrected chi connectivity index (χ3v) is 5.79. The van der Waals surface area contributed by atoms with Crippen molar-refractivity contribution in [1.82, 2.24) is 4.90 Å². The first-order valence-electron chi connectivity index (χ1n) is 11.4. The highest BCUT2D eigenvalue weighted by Crippen LogP contribution is 2.45. The quantitative estimate of drug-likeness (QED) is 0.389. The molecule has 0 saturated heterocycles. The largest absolute Gasteiger partial charge is 0.497 e. The second-order valence-corrected chi connectivity index (χ2v) is 7.80. The summed E-state index contributed by atoms with van der Waals surface area (Å²) in [6.07, 6.45) is 0.628. The molecular weight excluding hydrogens is 438 g/mol. The molecule has 1 atom stereocenters. The second-order valence-electron chi connectivity index (χ2n) is 7.80. The summed E-state index contributed by atoms with van der Waals surface area (Å²) in [4.78, 5) is 28.8. The number of amides is 1. The monoisotopic (exact) mass is 467 g/mol. The molecule has 34 heavy (non-hydrogen) atoms. The average Bonchev–Trinajstić information content (AvgIpc) is 3.44. The number of esters is 1. The number of carbonyl (C=O) groups is 2. The predicted molar refractivity (Wildman–Crippen MR) is 125 cm³/mol. The molecule has 2 aromatic rings. The van der Waals surface area contributed by atoms with Crippen molar-refractivity contribution in [3.05, 3.63) is 59.2 Å².